The van der Waals surface area contributed by atoms with Crippen molar-refractivity contribution in [3.63, 3.8) is 0 Å². The summed E-state index contributed by atoms with van der Waals surface area (Å²) in [6.07, 6.45) is 4.16. The molecule has 6 heteroatoms. The van der Waals surface area contributed by atoms with Crippen molar-refractivity contribution in [3.8, 4) is 11.3 Å². The van der Waals surface area contributed by atoms with Gasteiger partial charge in [-0.2, -0.15) is 4.98 Å². The maximum absolute atomic E-state index is 13.5. The number of aromatic nitrogens is 3. The van der Waals surface area contributed by atoms with E-state index in [-0.39, 0.29) is 0 Å². The molecule has 0 amide bonds. The van der Waals surface area contributed by atoms with Crippen LogP contribution in [0.15, 0.2) is 76.9 Å². The second-order valence-corrected chi connectivity index (χ2v) is 8.28. The van der Waals surface area contributed by atoms with Gasteiger partial charge in [-0.05, 0) is 49.2 Å². The number of para-hydroxylation sites is 2. The molecule has 1 fully saturated rings. The molecule has 5 nitrogen and oxygen atoms in total. The number of fused-ring (bicyclic) bond motifs is 1. The summed E-state index contributed by atoms with van der Waals surface area (Å²) in [7, 11) is 0. The fourth-order valence-corrected chi connectivity index (χ4v) is 4.88. The molecule has 0 aliphatic carbocycles. The van der Waals surface area contributed by atoms with Gasteiger partial charge in [-0.1, -0.05) is 18.2 Å². The molecule has 3 heterocycles. The van der Waals surface area contributed by atoms with E-state index in [1.165, 1.54) is 12.8 Å². The van der Waals surface area contributed by atoms with Gasteiger partial charge in [0.2, 0.25) is 0 Å². The van der Waals surface area contributed by atoms with E-state index in [0.29, 0.717) is 5.16 Å². The van der Waals surface area contributed by atoms with E-state index in [1.54, 1.807) is 6.20 Å². The number of pyridine rings is 1. The third-order valence-corrected chi connectivity index (χ3v) is 6.40. The monoisotopic (exact) mass is 388 g/mol. The highest BCUT2D eigenvalue weighted by Gasteiger charge is 2.26. The van der Waals surface area contributed by atoms with Crippen molar-refractivity contribution in [1.29, 1.82) is 0 Å². The molecule has 0 saturated carbocycles. The molecule has 140 valence electrons. The van der Waals surface area contributed by atoms with Gasteiger partial charge in [0.1, 0.15) is 0 Å². The number of rotatable bonds is 4. The van der Waals surface area contributed by atoms with Gasteiger partial charge in [-0.25, -0.2) is 0 Å². The molecule has 1 saturated heterocycles. The molecule has 0 bridgehead atoms. The van der Waals surface area contributed by atoms with Gasteiger partial charge in [0.25, 0.3) is 0 Å². The number of nitrogens with one attached hydrogen (secondary N) is 1. The van der Waals surface area contributed by atoms with E-state index in [0.717, 1.165) is 46.0 Å². The number of hydrogen-bond donors (Lipinski definition) is 1. The summed E-state index contributed by atoms with van der Waals surface area (Å²) >= 11 is -1.44. The van der Waals surface area contributed by atoms with Crippen molar-refractivity contribution in [2.45, 2.75) is 22.9 Å². The molecular formula is C22H20N4OS. The van der Waals surface area contributed by atoms with Crippen molar-refractivity contribution in [3.05, 3.63) is 66.9 Å². The van der Waals surface area contributed by atoms with Crippen LogP contribution in [0.2, 0.25) is 0 Å². The summed E-state index contributed by atoms with van der Waals surface area (Å²) < 4.78 is 13.5. The summed E-state index contributed by atoms with van der Waals surface area (Å²) in [5, 5.41) is 0.469. The van der Waals surface area contributed by atoms with Crippen molar-refractivity contribution >= 4 is 27.9 Å². The normalized spacial score (nSPS) is 15.2. The highest BCUT2D eigenvalue weighted by atomic mass is 32.2. The predicted molar refractivity (Wildman–Crippen MR) is 112 cm³/mol. The largest absolute Gasteiger partial charge is 0.604 e. The predicted octanol–water partition coefficient (Wildman–Crippen LogP) is 4.39. The molecule has 0 radical (unpaired) electrons. The first-order valence-corrected chi connectivity index (χ1v) is 10.6. The van der Waals surface area contributed by atoms with Crippen LogP contribution in [0.1, 0.15) is 12.8 Å². The molecule has 1 aliphatic heterocycles. The summed E-state index contributed by atoms with van der Waals surface area (Å²) in [4.78, 5) is 15.3. The van der Waals surface area contributed by atoms with Crippen LogP contribution in [0, 0.1) is 0 Å². The Morgan fingerprint density at radius 3 is 2.57 bits per heavy atom. The van der Waals surface area contributed by atoms with E-state index in [2.05, 4.69) is 25.9 Å². The van der Waals surface area contributed by atoms with Crippen LogP contribution >= 0.6 is 0 Å². The Balaban J connectivity index is 1.62. The van der Waals surface area contributed by atoms with E-state index in [4.69, 9.17) is 0 Å². The summed E-state index contributed by atoms with van der Waals surface area (Å²) in [6, 6.07) is 19.7. The molecule has 2 aromatic heterocycles. The average Bonchev–Trinajstić information content (AvgIpc) is 3.43. The van der Waals surface area contributed by atoms with Crippen LogP contribution < -0.4 is 4.90 Å². The Morgan fingerprint density at radius 2 is 1.79 bits per heavy atom. The van der Waals surface area contributed by atoms with Crippen LogP contribution in [0.25, 0.3) is 22.3 Å². The Labute approximate surface area is 166 Å². The number of nitrogens with zero attached hydrogens (tertiary/aromatic N) is 3. The van der Waals surface area contributed by atoms with Crippen molar-refractivity contribution in [2.75, 3.05) is 18.0 Å². The minimum absolute atomic E-state index is 0.469. The Morgan fingerprint density at radius 1 is 0.964 bits per heavy atom. The number of benzene rings is 2. The quantitative estimate of drug-likeness (QED) is 0.527. The topological polar surface area (TPSA) is 67.9 Å². The molecule has 0 spiro atoms. The first kappa shape index (κ1) is 17.3. The maximum Gasteiger partial charge on any atom is 0.327 e. The Bertz CT molecular complexity index is 1070. The minimum atomic E-state index is -1.44. The number of hydrogen-bond acceptors (Lipinski definition) is 4. The molecule has 28 heavy (non-hydrogen) atoms. The van der Waals surface area contributed by atoms with Crippen LogP contribution in [0.4, 0.5) is 5.69 Å². The Hall–Kier alpha value is -2.83. The lowest BCUT2D eigenvalue weighted by Crippen LogP contribution is -2.18. The summed E-state index contributed by atoms with van der Waals surface area (Å²) in [5.41, 5.74) is 4.51. The lowest BCUT2D eigenvalue weighted by Gasteiger charge is -2.20. The fourth-order valence-electron chi connectivity index (χ4n) is 3.69. The first-order valence-electron chi connectivity index (χ1n) is 9.46. The molecular weight excluding hydrogens is 368 g/mol. The lowest BCUT2D eigenvalue weighted by molar-refractivity contribution is 0.588. The zero-order valence-electron chi connectivity index (χ0n) is 15.3. The number of aromatic amines is 1. The summed E-state index contributed by atoms with van der Waals surface area (Å²) in [6.45, 7) is 2.08. The van der Waals surface area contributed by atoms with E-state index in [9.17, 15) is 4.55 Å². The van der Waals surface area contributed by atoms with Crippen LogP contribution in [-0.4, -0.2) is 32.6 Å². The molecule has 4 aromatic rings. The third kappa shape index (κ3) is 3.15. The zero-order chi connectivity index (χ0) is 18.9. The van der Waals surface area contributed by atoms with Gasteiger partial charge in [0, 0.05) is 31.0 Å². The van der Waals surface area contributed by atoms with Gasteiger partial charge >= 0.3 is 5.16 Å². The molecule has 2 aromatic carbocycles. The average molecular weight is 388 g/mol. The zero-order valence-corrected chi connectivity index (χ0v) is 16.2. The highest BCUT2D eigenvalue weighted by Crippen LogP contribution is 2.34. The molecule has 1 atom stereocenters. The van der Waals surface area contributed by atoms with Gasteiger partial charge in [0.05, 0.1) is 33.5 Å². The van der Waals surface area contributed by atoms with Crippen molar-refractivity contribution < 1.29 is 4.55 Å². The van der Waals surface area contributed by atoms with Crippen molar-refractivity contribution in [2.24, 2.45) is 0 Å². The van der Waals surface area contributed by atoms with Crippen LogP contribution in [-0.2, 0) is 11.2 Å². The Kier molecular flexibility index (Phi) is 4.50. The van der Waals surface area contributed by atoms with Crippen molar-refractivity contribution in [1.82, 2.24) is 15.0 Å². The number of imidazole rings is 1. The minimum Gasteiger partial charge on any atom is -0.604 e. The molecule has 1 N–H and O–H groups in total. The molecule has 5 rings (SSSR count). The fraction of sp³-hybridized carbons (Fsp3) is 0.182. The number of anilines is 1. The standard InChI is InChI=1S/C22H20N4OS/c27-28(22-24-19-8-1-2-9-20(19)25-22)21-15-16(26-13-5-6-14-26)10-11-17(21)18-7-3-4-12-23-18/h1-4,7-12,15H,5-6,13-14H2,(H,24,25). The molecule has 1 aliphatic rings. The van der Waals surface area contributed by atoms with Crippen LogP contribution in [0.3, 0.4) is 0 Å². The smallest absolute Gasteiger partial charge is 0.327 e. The van der Waals surface area contributed by atoms with E-state index >= 15 is 0 Å². The first-order chi connectivity index (χ1) is 13.8. The van der Waals surface area contributed by atoms with E-state index in [1.807, 2.05) is 54.6 Å². The van der Waals surface area contributed by atoms with Gasteiger partial charge < -0.3 is 9.45 Å². The highest BCUT2D eigenvalue weighted by molar-refractivity contribution is 7.91. The van der Waals surface area contributed by atoms with Gasteiger partial charge in [-0.15, -0.1) is 0 Å². The maximum atomic E-state index is 13.5. The lowest BCUT2D eigenvalue weighted by atomic mass is 10.1. The second kappa shape index (κ2) is 7.30. The SMILES string of the molecule is [O-][S+](c1nc2ccccc2[nH]1)c1cc(N2CCCC2)ccc1-c1ccccn1. The molecule has 1 unspecified atom stereocenters. The van der Waals surface area contributed by atoms with Gasteiger partial charge in [-0.3, -0.25) is 9.97 Å². The summed E-state index contributed by atoms with van der Waals surface area (Å²) in [5.74, 6) is 0. The van der Waals surface area contributed by atoms with Crippen LogP contribution in [0.5, 0.6) is 0 Å². The van der Waals surface area contributed by atoms with Gasteiger partial charge in [0.15, 0.2) is 4.90 Å². The number of H-pyrrole nitrogens is 1. The second-order valence-electron chi connectivity index (χ2n) is 6.92. The van der Waals surface area contributed by atoms with E-state index < -0.39 is 11.2 Å². The third-order valence-electron chi connectivity index (χ3n) is 5.12.